The second-order valence-corrected chi connectivity index (χ2v) is 6.18. The zero-order valence-corrected chi connectivity index (χ0v) is 11.4. The van der Waals surface area contributed by atoms with Crippen molar-refractivity contribution in [2.45, 2.75) is 58.5 Å². The fourth-order valence-electron chi connectivity index (χ4n) is 2.36. The number of carbonyl (C=O) groups is 1. The molecule has 0 aliphatic heterocycles. The molecule has 1 fully saturated rings. The van der Waals surface area contributed by atoms with E-state index in [-0.39, 0.29) is 21.9 Å². The number of esters is 1. The Hall–Kier alpha value is -0.440. The summed E-state index contributed by atoms with van der Waals surface area (Å²) >= 11 is 3.96. The first-order valence-electron chi connectivity index (χ1n) is 5.90. The van der Waals surface area contributed by atoms with E-state index < -0.39 is 0 Å². The van der Waals surface area contributed by atoms with E-state index >= 15 is 0 Å². The first-order chi connectivity index (χ1) is 7.28. The van der Waals surface area contributed by atoms with Gasteiger partial charge in [-0.1, -0.05) is 33.8 Å². The number of hydrogen-bond acceptors (Lipinski definition) is 3. The van der Waals surface area contributed by atoms with Gasteiger partial charge in [-0.05, 0) is 25.7 Å². The molecule has 0 spiro atoms. The van der Waals surface area contributed by atoms with Crippen LogP contribution < -0.4 is 0 Å². The molecule has 92 valence electrons. The van der Waals surface area contributed by atoms with E-state index in [0.29, 0.717) is 0 Å². The van der Waals surface area contributed by atoms with Crippen molar-refractivity contribution in [3.8, 4) is 0 Å². The number of hydrogen-bond donors (Lipinski definition) is 1. The lowest BCUT2D eigenvalue weighted by molar-refractivity contribution is -0.174. The van der Waals surface area contributed by atoms with Gasteiger partial charge in [-0.15, -0.1) is 12.6 Å². The zero-order chi connectivity index (χ0) is 12.4. The van der Waals surface area contributed by atoms with Gasteiger partial charge in [0.05, 0.1) is 4.91 Å². The summed E-state index contributed by atoms with van der Waals surface area (Å²) in [7, 11) is 0. The van der Waals surface area contributed by atoms with Crippen molar-refractivity contribution in [3.63, 3.8) is 0 Å². The fourth-order valence-corrected chi connectivity index (χ4v) is 2.41. The molecule has 2 nitrogen and oxygen atoms in total. The lowest BCUT2D eigenvalue weighted by atomic mass is 9.68. The maximum atomic E-state index is 11.7. The van der Waals surface area contributed by atoms with Gasteiger partial charge in [0.25, 0.3) is 0 Å². The Morgan fingerprint density at radius 1 is 1.25 bits per heavy atom. The van der Waals surface area contributed by atoms with Gasteiger partial charge >= 0.3 is 5.97 Å². The van der Waals surface area contributed by atoms with Gasteiger partial charge in [0, 0.05) is 5.41 Å². The molecule has 0 unspecified atom stereocenters. The molecule has 0 heterocycles. The topological polar surface area (TPSA) is 26.3 Å². The third-order valence-corrected chi connectivity index (χ3v) is 3.73. The highest BCUT2D eigenvalue weighted by Crippen LogP contribution is 2.45. The fraction of sp³-hybridized carbons (Fsp3) is 0.769. The molecule has 0 N–H and O–H groups in total. The van der Waals surface area contributed by atoms with E-state index in [1.807, 2.05) is 0 Å². The standard InChI is InChI=1S/C13H22O2S/c1-10(16)11(14)15-13(12(2,3)4)8-6-5-7-9-13/h16H,1,5-9H2,2-4H3. The van der Waals surface area contributed by atoms with Crippen LogP contribution in [0.5, 0.6) is 0 Å². The van der Waals surface area contributed by atoms with Crippen molar-refractivity contribution in [2.75, 3.05) is 0 Å². The Kier molecular flexibility index (Phi) is 4.11. The summed E-state index contributed by atoms with van der Waals surface area (Å²) in [5.41, 5.74) is -0.375. The van der Waals surface area contributed by atoms with E-state index in [1.54, 1.807) is 0 Å². The molecule has 0 radical (unpaired) electrons. The summed E-state index contributed by atoms with van der Waals surface area (Å²) in [6, 6.07) is 0. The highest BCUT2D eigenvalue weighted by atomic mass is 32.1. The van der Waals surface area contributed by atoms with Crippen LogP contribution in [-0.2, 0) is 9.53 Å². The van der Waals surface area contributed by atoms with Crippen LogP contribution >= 0.6 is 12.6 Å². The molecule has 1 rings (SSSR count). The van der Waals surface area contributed by atoms with Crippen LogP contribution in [0, 0.1) is 5.41 Å². The van der Waals surface area contributed by atoms with Gasteiger partial charge in [-0.25, -0.2) is 4.79 Å². The molecular weight excluding hydrogens is 220 g/mol. The van der Waals surface area contributed by atoms with Crippen LogP contribution in [0.2, 0.25) is 0 Å². The summed E-state index contributed by atoms with van der Waals surface area (Å²) < 4.78 is 5.69. The van der Waals surface area contributed by atoms with E-state index in [4.69, 9.17) is 4.74 Å². The summed E-state index contributed by atoms with van der Waals surface area (Å²) in [5.74, 6) is -0.375. The van der Waals surface area contributed by atoms with Crippen molar-refractivity contribution in [1.29, 1.82) is 0 Å². The molecule has 0 bridgehead atoms. The average molecular weight is 242 g/mol. The number of ether oxygens (including phenoxy) is 1. The van der Waals surface area contributed by atoms with Crippen LogP contribution in [0.4, 0.5) is 0 Å². The van der Waals surface area contributed by atoms with Crippen molar-refractivity contribution < 1.29 is 9.53 Å². The quantitative estimate of drug-likeness (QED) is 0.454. The summed E-state index contributed by atoms with van der Waals surface area (Å²) in [4.78, 5) is 11.9. The maximum absolute atomic E-state index is 11.7. The molecule has 0 saturated heterocycles. The SMILES string of the molecule is C=C(S)C(=O)OC1(C(C)(C)C)CCCCC1. The molecule has 1 aliphatic rings. The van der Waals surface area contributed by atoms with Crippen LogP contribution in [0.15, 0.2) is 11.5 Å². The third kappa shape index (κ3) is 2.82. The molecule has 1 saturated carbocycles. The number of thiol groups is 1. The van der Waals surface area contributed by atoms with Gasteiger partial charge < -0.3 is 4.74 Å². The van der Waals surface area contributed by atoms with Crippen LogP contribution in [0.1, 0.15) is 52.9 Å². The average Bonchev–Trinajstić information content (AvgIpc) is 2.17. The predicted octanol–water partition coefficient (Wildman–Crippen LogP) is 3.72. The van der Waals surface area contributed by atoms with Crippen LogP contribution in [0.3, 0.4) is 0 Å². The lowest BCUT2D eigenvalue weighted by Gasteiger charge is -2.46. The number of rotatable bonds is 2. The Bertz CT molecular complexity index is 283. The predicted molar refractivity (Wildman–Crippen MR) is 69.5 cm³/mol. The Morgan fingerprint density at radius 2 is 1.75 bits per heavy atom. The van der Waals surface area contributed by atoms with Gasteiger partial charge in [-0.2, -0.15) is 0 Å². The highest BCUT2D eigenvalue weighted by molar-refractivity contribution is 7.85. The minimum Gasteiger partial charge on any atom is -0.455 e. The summed E-state index contributed by atoms with van der Waals surface area (Å²) in [5, 5.41) is 0. The molecule has 0 amide bonds. The Labute approximate surface area is 104 Å². The number of carbonyl (C=O) groups excluding carboxylic acids is 1. The lowest BCUT2D eigenvalue weighted by Crippen LogP contribution is -2.48. The first-order valence-corrected chi connectivity index (χ1v) is 6.34. The monoisotopic (exact) mass is 242 g/mol. The van der Waals surface area contributed by atoms with Crippen molar-refractivity contribution >= 4 is 18.6 Å². The minimum absolute atomic E-state index is 0.0354. The molecule has 16 heavy (non-hydrogen) atoms. The summed E-state index contributed by atoms with van der Waals surface area (Å²) in [6.45, 7) is 9.92. The molecule has 0 aromatic carbocycles. The smallest absolute Gasteiger partial charge is 0.344 e. The Balaban J connectivity index is 2.87. The summed E-state index contributed by atoms with van der Waals surface area (Å²) in [6.07, 6.45) is 5.39. The van der Waals surface area contributed by atoms with Crippen molar-refractivity contribution in [3.05, 3.63) is 11.5 Å². The third-order valence-electron chi connectivity index (χ3n) is 3.55. The van der Waals surface area contributed by atoms with Crippen LogP contribution in [-0.4, -0.2) is 11.6 Å². The van der Waals surface area contributed by atoms with Crippen molar-refractivity contribution in [1.82, 2.24) is 0 Å². The molecular formula is C13H22O2S. The molecule has 0 atom stereocenters. The largest absolute Gasteiger partial charge is 0.455 e. The van der Waals surface area contributed by atoms with Gasteiger partial charge in [0.2, 0.25) is 0 Å². The second-order valence-electron chi connectivity index (χ2n) is 5.64. The van der Waals surface area contributed by atoms with E-state index in [9.17, 15) is 4.79 Å². The van der Waals surface area contributed by atoms with E-state index in [2.05, 4.69) is 40.0 Å². The second kappa shape index (κ2) is 4.82. The first kappa shape index (κ1) is 13.6. The van der Waals surface area contributed by atoms with Gasteiger partial charge in [-0.3, -0.25) is 0 Å². The van der Waals surface area contributed by atoms with Gasteiger partial charge in [0.1, 0.15) is 5.60 Å². The highest BCUT2D eigenvalue weighted by Gasteiger charge is 2.46. The molecule has 1 aliphatic carbocycles. The molecule has 0 aromatic heterocycles. The van der Waals surface area contributed by atoms with Crippen molar-refractivity contribution in [2.24, 2.45) is 5.41 Å². The molecule has 3 heteroatoms. The van der Waals surface area contributed by atoms with Gasteiger partial charge in [0.15, 0.2) is 0 Å². The van der Waals surface area contributed by atoms with E-state index in [1.165, 1.54) is 6.42 Å². The Morgan fingerprint density at radius 3 is 2.12 bits per heavy atom. The van der Waals surface area contributed by atoms with Crippen LogP contribution in [0.25, 0.3) is 0 Å². The molecule has 0 aromatic rings. The maximum Gasteiger partial charge on any atom is 0.344 e. The normalized spacial score (nSPS) is 20.2. The van der Waals surface area contributed by atoms with E-state index in [0.717, 1.165) is 25.7 Å². The minimum atomic E-state index is -0.375. The zero-order valence-electron chi connectivity index (χ0n) is 10.5.